The summed E-state index contributed by atoms with van der Waals surface area (Å²) in [5, 5.41) is 24.7. The molecule has 4 aromatic carbocycles. The molecule has 2 nitrogen and oxygen atoms in total. The van der Waals surface area contributed by atoms with Gasteiger partial charge in [0, 0.05) is 0 Å². The van der Waals surface area contributed by atoms with Crippen LogP contribution in [0.5, 0.6) is 11.5 Å². The van der Waals surface area contributed by atoms with E-state index in [1.807, 2.05) is 84.9 Å². The van der Waals surface area contributed by atoms with Crippen molar-refractivity contribution in [2.75, 3.05) is 0 Å². The van der Waals surface area contributed by atoms with Gasteiger partial charge in [0.05, 0.1) is 0 Å². The molecule has 4 rings (SSSR count). The standard InChI is InChI=1S/C25H20O2.Be/c26-24-13-11-20(18-7-3-1-4-8-18)15-22(24)17-23-16-21(12-14-25(23)27)19-9-5-2-6-10-19;/h1-16,26-27H,17H2;/q;+2/p-2. The van der Waals surface area contributed by atoms with Crippen LogP contribution in [-0.4, -0.2) is 10.1 Å². The van der Waals surface area contributed by atoms with Crippen LogP contribution in [-0.2, 0) is 6.42 Å². The fraction of sp³-hybridized carbons (Fsp3) is 0.0400. The van der Waals surface area contributed by atoms with Crippen LogP contribution >= 0.6 is 0 Å². The van der Waals surface area contributed by atoms with Gasteiger partial charge in [-0.15, -0.1) is 11.5 Å². The van der Waals surface area contributed by atoms with Crippen LogP contribution in [0.4, 0.5) is 0 Å². The Balaban J connectivity index is 0.00000225. The molecule has 0 aliphatic heterocycles. The third kappa shape index (κ3) is 4.14. The van der Waals surface area contributed by atoms with Gasteiger partial charge in [0.1, 0.15) is 0 Å². The molecule has 3 heteroatoms. The van der Waals surface area contributed by atoms with E-state index >= 15 is 0 Å². The smallest absolute Gasteiger partial charge is 0.872 e. The first-order valence-corrected chi connectivity index (χ1v) is 8.91. The molecule has 0 amide bonds. The van der Waals surface area contributed by atoms with E-state index in [9.17, 15) is 10.2 Å². The van der Waals surface area contributed by atoms with Gasteiger partial charge < -0.3 is 10.2 Å². The molecule has 0 bridgehead atoms. The Hall–Kier alpha value is -3.35. The molecule has 0 aliphatic carbocycles. The molecular weight excluding hydrogens is 341 g/mol. The number of rotatable bonds is 4. The van der Waals surface area contributed by atoms with E-state index in [0.29, 0.717) is 17.5 Å². The van der Waals surface area contributed by atoms with E-state index in [4.69, 9.17) is 0 Å². The van der Waals surface area contributed by atoms with Crippen LogP contribution in [0.25, 0.3) is 22.3 Å². The Labute approximate surface area is 169 Å². The Morgan fingerprint density at radius 3 is 1.25 bits per heavy atom. The average molecular weight is 359 g/mol. The first-order valence-electron chi connectivity index (χ1n) is 8.91. The zero-order valence-corrected chi connectivity index (χ0v) is 15.5. The maximum Gasteiger partial charge on any atom is 2.00 e. The molecular formula is C25H18BeO2. The first kappa shape index (κ1) is 19.4. The van der Waals surface area contributed by atoms with Gasteiger partial charge in [-0.2, -0.15) is 0 Å². The zero-order valence-electron chi connectivity index (χ0n) is 15.5. The molecule has 0 saturated carbocycles. The first-order chi connectivity index (χ1) is 13.2. The van der Waals surface area contributed by atoms with Gasteiger partial charge in [-0.05, 0) is 28.7 Å². The molecule has 28 heavy (non-hydrogen) atoms. The van der Waals surface area contributed by atoms with Crippen LogP contribution in [0.1, 0.15) is 11.1 Å². The van der Waals surface area contributed by atoms with Crippen LogP contribution in [0.15, 0.2) is 97.1 Å². The SMILES string of the molecule is [Be+2].[O-]c1ccc(-c2ccccc2)cc1Cc1cc(-c2ccccc2)ccc1[O-]. The fourth-order valence-electron chi connectivity index (χ4n) is 3.26. The summed E-state index contributed by atoms with van der Waals surface area (Å²) in [7, 11) is 0. The van der Waals surface area contributed by atoms with E-state index in [1.54, 1.807) is 12.1 Å². The second kappa shape index (κ2) is 8.56. The molecule has 0 heterocycles. The van der Waals surface area contributed by atoms with Crippen LogP contribution in [0.2, 0.25) is 0 Å². The van der Waals surface area contributed by atoms with Gasteiger partial charge in [0.2, 0.25) is 0 Å². The average Bonchev–Trinajstić information content (AvgIpc) is 2.72. The van der Waals surface area contributed by atoms with Crippen LogP contribution < -0.4 is 10.2 Å². The quantitative estimate of drug-likeness (QED) is 0.508. The topological polar surface area (TPSA) is 46.1 Å². The van der Waals surface area contributed by atoms with Gasteiger partial charge in [-0.25, -0.2) is 0 Å². The van der Waals surface area contributed by atoms with Crippen LogP contribution in [0.3, 0.4) is 0 Å². The van der Waals surface area contributed by atoms with Gasteiger partial charge in [0.15, 0.2) is 0 Å². The van der Waals surface area contributed by atoms with Crippen molar-refractivity contribution in [1.82, 2.24) is 0 Å². The minimum absolute atomic E-state index is 0. The van der Waals surface area contributed by atoms with Crippen molar-refractivity contribution in [3.63, 3.8) is 0 Å². The molecule has 0 saturated heterocycles. The fourth-order valence-corrected chi connectivity index (χ4v) is 3.26. The minimum atomic E-state index is -0.0424. The number of hydrogen-bond donors (Lipinski definition) is 0. The predicted molar refractivity (Wildman–Crippen MR) is 111 cm³/mol. The number of hydrogen-bond acceptors (Lipinski definition) is 2. The molecule has 0 radical (unpaired) electrons. The molecule has 0 aliphatic rings. The van der Waals surface area contributed by atoms with E-state index in [1.165, 1.54) is 0 Å². The molecule has 0 N–H and O–H groups in total. The normalized spacial score (nSPS) is 10.3. The number of benzene rings is 4. The Bertz CT molecular complexity index is 973. The van der Waals surface area contributed by atoms with Gasteiger partial charge in [0.25, 0.3) is 0 Å². The maximum atomic E-state index is 12.4. The summed E-state index contributed by atoms with van der Waals surface area (Å²) >= 11 is 0. The summed E-state index contributed by atoms with van der Waals surface area (Å²) in [5.41, 5.74) is 5.35. The molecule has 132 valence electrons. The third-order valence-electron chi connectivity index (χ3n) is 4.72. The Morgan fingerprint density at radius 2 is 0.857 bits per heavy atom. The van der Waals surface area contributed by atoms with Crippen molar-refractivity contribution < 1.29 is 10.2 Å². The Morgan fingerprint density at radius 1 is 0.464 bits per heavy atom. The van der Waals surface area contributed by atoms with Gasteiger partial charge in [-0.1, -0.05) is 108 Å². The van der Waals surface area contributed by atoms with Crippen LogP contribution in [0, 0.1) is 0 Å². The van der Waals surface area contributed by atoms with Gasteiger partial charge in [-0.3, -0.25) is 0 Å². The molecule has 0 atom stereocenters. The summed E-state index contributed by atoms with van der Waals surface area (Å²) < 4.78 is 0. The van der Waals surface area contributed by atoms with E-state index < -0.39 is 0 Å². The van der Waals surface area contributed by atoms with E-state index in [0.717, 1.165) is 22.3 Å². The van der Waals surface area contributed by atoms with Crippen molar-refractivity contribution in [3.8, 4) is 33.8 Å². The van der Waals surface area contributed by atoms with Crippen molar-refractivity contribution >= 4 is 10.1 Å². The van der Waals surface area contributed by atoms with Crippen molar-refractivity contribution in [3.05, 3.63) is 108 Å². The molecule has 0 fully saturated rings. The predicted octanol–water partition coefficient (Wildman–Crippen LogP) is 4.38. The molecule has 0 spiro atoms. The second-order valence-corrected chi connectivity index (χ2v) is 6.55. The maximum absolute atomic E-state index is 12.4. The minimum Gasteiger partial charge on any atom is -0.872 e. The third-order valence-corrected chi connectivity index (χ3v) is 4.72. The van der Waals surface area contributed by atoms with Crippen molar-refractivity contribution in [2.45, 2.75) is 6.42 Å². The molecule has 0 aromatic heterocycles. The zero-order chi connectivity index (χ0) is 18.6. The summed E-state index contributed by atoms with van der Waals surface area (Å²) in [4.78, 5) is 0. The Kier molecular flexibility index (Phi) is 5.93. The van der Waals surface area contributed by atoms with E-state index in [-0.39, 0.29) is 21.6 Å². The molecule has 0 unspecified atom stereocenters. The van der Waals surface area contributed by atoms with Crippen molar-refractivity contribution in [1.29, 1.82) is 0 Å². The van der Waals surface area contributed by atoms with E-state index in [2.05, 4.69) is 0 Å². The second-order valence-electron chi connectivity index (χ2n) is 6.55. The van der Waals surface area contributed by atoms with Gasteiger partial charge >= 0.3 is 10.1 Å². The summed E-state index contributed by atoms with van der Waals surface area (Å²) in [6.07, 6.45) is 0.332. The molecule has 4 aromatic rings. The summed E-state index contributed by atoms with van der Waals surface area (Å²) in [6, 6.07) is 30.5. The summed E-state index contributed by atoms with van der Waals surface area (Å²) in [6.45, 7) is 0. The summed E-state index contributed by atoms with van der Waals surface area (Å²) in [5.74, 6) is -0.0848. The largest absolute Gasteiger partial charge is 2.00 e. The monoisotopic (exact) mass is 359 g/mol. The van der Waals surface area contributed by atoms with Crippen molar-refractivity contribution in [2.24, 2.45) is 0 Å².